The number of fused-ring (bicyclic) bond motifs is 3. The van der Waals surface area contributed by atoms with Crippen LogP contribution in [0.15, 0.2) is 78.8 Å². The molecule has 0 saturated carbocycles. The maximum Gasteiger partial charge on any atom is 0.162 e. The number of allylic oxidation sites excluding steroid dienone is 2. The molecular weight excluding hydrogens is 797 g/mol. The maximum atomic E-state index is 11.7. The molecule has 3 aromatic carbocycles. The van der Waals surface area contributed by atoms with E-state index in [0.29, 0.717) is 0 Å². The predicted octanol–water partition coefficient (Wildman–Crippen LogP) is 11.3. The number of aryl methyl sites for hydroxylation is 3. The van der Waals surface area contributed by atoms with Gasteiger partial charge in [-0.05, 0) is 71.8 Å². The minimum absolute atomic E-state index is 0. The zero-order valence-electron chi connectivity index (χ0n) is 31.0. The molecule has 2 heterocycles. The number of carbonyl (C=O) groups is 1. The number of aliphatic hydroxyl groups excluding tert-OH is 1. The van der Waals surface area contributed by atoms with Crippen LogP contribution in [0.25, 0.3) is 44.1 Å². The monoisotopic (exact) mass is 850 g/mol. The second kappa shape index (κ2) is 17.5. The molecule has 0 saturated heterocycles. The molecule has 2 aromatic heterocycles. The number of pyridine rings is 2. The summed E-state index contributed by atoms with van der Waals surface area (Å²) in [7, 11) is -1.31. The van der Waals surface area contributed by atoms with Crippen molar-refractivity contribution in [3.8, 4) is 22.4 Å². The summed E-state index contributed by atoms with van der Waals surface area (Å²) in [6.07, 6.45) is 8.79. The van der Waals surface area contributed by atoms with Gasteiger partial charge in [0, 0.05) is 55.8 Å². The largest absolute Gasteiger partial charge is 0.512 e. The number of benzene rings is 3. The first-order valence-electron chi connectivity index (χ1n) is 17.6. The van der Waals surface area contributed by atoms with Crippen molar-refractivity contribution in [2.75, 3.05) is 0 Å². The number of hydrogen-bond donors (Lipinski definition) is 1. The van der Waals surface area contributed by atoms with Crippen LogP contribution in [0, 0.1) is 38.7 Å². The molecule has 0 bridgehead atoms. The fourth-order valence-corrected chi connectivity index (χ4v) is 7.70. The fourth-order valence-electron chi connectivity index (χ4n) is 6.53. The van der Waals surface area contributed by atoms with Gasteiger partial charge < -0.3 is 10.1 Å². The SMILES string of the molecule is CCC(CC)C(=O)/C=C(\O)C(CC)CC.Cc1[c-]c(-c2nccc3c2cnc2c(C)c(-c4ccc([Si](C)(C)C)cc4)ccc23)cc(C)c1.[Ir]. The Balaban J connectivity index is 0.000000347. The molecule has 0 aliphatic carbocycles. The Kier molecular flexibility index (Phi) is 14.3. The van der Waals surface area contributed by atoms with Gasteiger partial charge in [-0.2, -0.15) is 0 Å². The molecule has 0 atom stereocenters. The first-order chi connectivity index (χ1) is 22.8. The van der Waals surface area contributed by atoms with Gasteiger partial charge in [-0.25, -0.2) is 0 Å². The second-order valence-corrected chi connectivity index (χ2v) is 19.2. The van der Waals surface area contributed by atoms with Crippen LogP contribution in [-0.4, -0.2) is 28.9 Å². The zero-order chi connectivity index (χ0) is 35.2. The van der Waals surface area contributed by atoms with Crippen molar-refractivity contribution >= 4 is 40.7 Å². The minimum atomic E-state index is -1.31. The Hall–Kier alpha value is -3.44. The molecule has 0 aliphatic rings. The summed E-state index contributed by atoms with van der Waals surface area (Å²) in [6.45, 7) is 21.6. The normalized spacial score (nSPS) is 11.9. The van der Waals surface area contributed by atoms with E-state index in [1.54, 1.807) is 0 Å². The number of aromatic nitrogens is 2. The summed E-state index contributed by atoms with van der Waals surface area (Å²) in [6, 6.07) is 23.5. The third-order valence-electron chi connectivity index (χ3n) is 9.58. The average Bonchev–Trinajstić information content (AvgIpc) is 3.05. The zero-order valence-corrected chi connectivity index (χ0v) is 34.4. The molecular formula is C43H53IrN2O2Si-. The molecule has 1 radical (unpaired) electrons. The van der Waals surface area contributed by atoms with Crippen molar-refractivity contribution in [3.63, 3.8) is 0 Å². The predicted molar refractivity (Wildman–Crippen MR) is 208 cm³/mol. The molecule has 1 N–H and O–H groups in total. The maximum absolute atomic E-state index is 11.7. The molecule has 0 spiro atoms. The summed E-state index contributed by atoms with van der Waals surface area (Å²) in [5, 5.41) is 14.7. The third kappa shape index (κ3) is 9.42. The molecule has 49 heavy (non-hydrogen) atoms. The molecule has 0 unspecified atom stereocenters. The van der Waals surface area contributed by atoms with Crippen LogP contribution in [0.1, 0.15) is 70.1 Å². The summed E-state index contributed by atoms with van der Waals surface area (Å²) in [5.74, 6) is 0.547. The van der Waals surface area contributed by atoms with Crippen molar-refractivity contribution in [1.82, 2.24) is 9.97 Å². The van der Waals surface area contributed by atoms with Crippen LogP contribution in [-0.2, 0) is 24.9 Å². The van der Waals surface area contributed by atoms with Crippen molar-refractivity contribution < 1.29 is 30.0 Å². The minimum Gasteiger partial charge on any atom is -0.512 e. The van der Waals surface area contributed by atoms with Crippen LogP contribution in [0.4, 0.5) is 0 Å². The standard InChI is InChI=1S/C30H29N2Si.C13H24O2.Ir/c1-19-15-20(2)17-23(16-19)30-28-18-32-29-21(3)25(11-12-27(29)26(28)13-14-31-30)22-7-9-24(10-8-22)33(4,5)6;1-5-10(6-2)12(14)9-13(15)11(7-3)8-4;/h7-16,18H,1-6H3;9-11,14H,5-8H2,1-4H3;/q-1;;/b;12-9-;. The van der Waals surface area contributed by atoms with E-state index >= 15 is 0 Å². The van der Waals surface area contributed by atoms with Gasteiger partial charge in [0.1, 0.15) is 0 Å². The number of carbonyl (C=O) groups excluding carboxylic acids is 1. The van der Waals surface area contributed by atoms with Crippen LogP contribution in [0.3, 0.4) is 0 Å². The smallest absolute Gasteiger partial charge is 0.162 e. The van der Waals surface area contributed by atoms with E-state index in [9.17, 15) is 9.90 Å². The van der Waals surface area contributed by atoms with E-state index in [1.165, 1.54) is 44.3 Å². The van der Waals surface area contributed by atoms with E-state index in [1.807, 2.05) is 40.1 Å². The van der Waals surface area contributed by atoms with E-state index in [2.05, 4.69) is 101 Å². The van der Waals surface area contributed by atoms with Crippen LogP contribution >= 0.6 is 0 Å². The molecule has 261 valence electrons. The molecule has 6 heteroatoms. The molecule has 0 aliphatic heterocycles. The van der Waals surface area contributed by atoms with Gasteiger partial charge >= 0.3 is 0 Å². The number of ketones is 1. The molecule has 5 aromatic rings. The van der Waals surface area contributed by atoms with E-state index in [4.69, 9.17) is 9.97 Å². The topological polar surface area (TPSA) is 63.1 Å². The number of rotatable bonds is 10. The van der Waals surface area contributed by atoms with E-state index in [-0.39, 0.29) is 43.5 Å². The van der Waals surface area contributed by atoms with Gasteiger partial charge in [0.2, 0.25) is 0 Å². The van der Waals surface area contributed by atoms with Gasteiger partial charge in [-0.1, -0.05) is 103 Å². The third-order valence-corrected chi connectivity index (χ3v) is 11.6. The number of hydrogen-bond acceptors (Lipinski definition) is 4. The molecule has 5 rings (SSSR count). The summed E-state index contributed by atoms with van der Waals surface area (Å²) in [5.41, 5.74) is 9.06. The van der Waals surface area contributed by atoms with Crippen LogP contribution in [0.5, 0.6) is 0 Å². The van der Waals surface area contributed by atoms with Gasteiger partial charge in [0.05, 0.1) is 19.3 Å². The van der Waals surface area contributed by atoms with Crippen molar-refractivity contribution in [2.45, 2.75) is 93.8 Å². The molecule has 0 fully saturated rings. The summed E-state index contributed by atoms with van der Waals surface area (Å²) >= 11 is 0. The van der Waals surface area contributed by atoms with Gasteiger partial charge in [-0.15, -0.1) is 34.9 Å². The average molecular weight is 850 g/mol. The Morgan fingerprint density at radius 1 is 0.816 bits per heavy atom. The Morgan fingerprint density at radius 3 is 2.02 bits per heavy atom. The Morgan fingerprint density at radius 2 is 1.45 bits per heavy atom. The van der Waals surface area contributed by atoms with E-state index < -0.39 is 8.07 Å². The number of aliphatic hydroxyl groups is 1. The van der Waals surface area contributed by atoms with Crippen LogP contribution in [0.2, 0.25) is 19.6 Å². The Labute approximate surface area is 308 Å². The number of nitrogens with zero attached hydrogens (tertiary/aromatic N) is 2. The van der Waals surface area contributed by atoms with Gasteiger partial charge in [0.15, 0.2) is 5.78 Å². The van der Waals surface area contributed by atoms with Gasteiger partial charge in [-0.3, -0.25) is 9.78 Å². The first-order valence-corrected chi connectivity index (χ1v) is 21.1. The second-order valence-electron chi connectivity index (χ2n) is 14.1. The molecule has 0 amide bonds. The first kappa shape index (κ1) is 40.0. The van der Waals surface area contributed by atoms with Gasteiger partial charge in [0.25, 0.3) is 0 Å². The Bertz CT molecular complexity index is 1900. The van der Waals surface area contributed by atoms with Crippen molar-refractivity contribution in [3.05, 3.63) is 102 Å². The van der Waals surface area contributed by atoms with Crippen molar-refractivity contribution in [2.24, 2.45) is 11.8 Å². The van der Waals surface area contributed by atoms with Crippen LogP contribution < -0.4 is 5.19 Å². The van der Waals surface area contributed by atoms with Crippen molar-refractivity contribution in [1.29, 1.82) is 0 Å². The fraction of sp³-hybridized carbons (Fsp3) is 0.372. The van der Waals surface area contributed by atoms with E-state index in [0.717, 1.165) is 53.4 Å². The molecule has 4 nitrogen and oxygen atoms in total. The summed E-state index contributed by atoms with van der Waals surface area (Å²) < 4.78 is 0. The quantitative estimate of drug-likeness (QED) is 0.0500. The summed E-state index contributed by atoms with van der Waals surface area (Å²) in [4.78, 5) is 21.4.